The molecule has 0 saturated heterocycles. The Morgan fingerprint density at radius 1 is 1.17 bits per heavy atom. The molecule has 2 heterocycles. The predicted octanol–water partition coefficient (Wildman–Crippen LogP) is 2.83. The molecule has 0 fully saturated rings. The highest BCUT2D eigenvalue weighted by Crippen LogP contribution is 2.28. The second kappa shape index (κ2) is 9.09. The van der Waals surface area contributed by atoms with E-state index in [4.69, 9.17) is 4.74 Å². The van der Waals surface area contributed by atoms with Gasteiger partial charge in [0.15, 0.2) is 5.82 Å². The molecule has 150 valence electrons. The number of hydrogen-bond acceptors (Lipinski definition) is 7. The van der Waals surface area contributed by atoms with Gasteiger partial charge in [-0.05, 0) is 36.8 Å². The van der Waals surface area contributed by atoms with Crippen LogP contribution in [0, 0.1) is 6.92 Å². The first-order chi connectivity index (χ1) is 14.0. The maximum Gasteiger partial charge on any atom is 0.251 e. The number of benzene rings is 1. The Morgan fingerprint density at radius 2 is 2.00 bits per heavy atom. The molecule has 2 N–H and O–H groups in total. The maximum atomic E-state index is 11.8. The van der Waals surface area contributed by atoms with Gasteiger partial charge in [-0.15, -0.1) is 0 Å². The highest BCUT2D eigenvalue weighted by Gasteiger charge is 2.15. The Bertz CT molecular complexity index is 991. The van der Waals surface area contributed by atoms with Gasteiger partial charge in [-0.2, -0.15) is 4.98 Å². The molecule has 0 saturated carbocycles. The van der Waals surface area contributed by atoms with E-state index in [2.05, 4.69) is 37.5 Å². The minimum atomic E-state index is -0.149. The molecule has 3 aromatic rings. The van der Waals surface area contributed by atoms with E-state index in [0.717, 1.165) is 16.8 Å². The summed E-state index contributed by atoms with van der Waals surface area (Å²) >= 11 is 0. The van der Waals surface area contributed by atoms with Gasteiger partial charge in [0.25, 0.3) is 5.91 Å². The lowest BCUT2D eigenvalue weighted by Gasteiger charge is -2.17. The molecule has 8 heteroatoms. The number of nitrogens with one attached hydrogen (secondary N) is 2. The van der Waals surface area contributed by atoms with E-state index in [1.165, 1.54) is 6.33 Å². The number of amides is 1. The molecule has 1 unspecified atom stereocenters. The van der Waals surface area contributed by atoms with Crippen molar-refractivity contribution in [1.82, 2.24) is 25.3 Å². The molecule has 29 heavy (non-hydrogen) atoms. The smallest absolute Gasteiger partial charge is 0.251 e. The van der Waals surface area contributed by atoms with Gasteiger partial charge < -0.3 is 15.4 Å². The SMILES string of the molecule is CNC(=O)c1ccc(C(C)CNc2ncnc(-c3ccc(C)nc3)n2)c(OC)c1. The molecule has 2 aromatic heterocycles. The first kappa shape index (κ1) is 20.2. The van der Waals surface area contributed by atoms with E-state index >= 15 is 0 Å². The molecule has 3 rings (SSSR count). The second-order valence-corrected chi connectivity index (χ2v) is 6.64. The number of methoxy groups -OCH3 is 1. The van der Waals surface area contributed by atoms with Crippen molar-refractivity contribution in [3.63, 3.8) is 0 Å². The third-order valence-electron chi connectivity index (χ3n) is 4.56. The van der Waals surface area contributed by atoms with Gasteiger partial charge >= 0.3 is 0 Å². The van der Waals surface area contributed by atoms with Crippen molar-refractivity contribution in [2.75, 3.05) is 26.0 Å². The summed E-state index contributed by atoms with van der Waals surface area (Å²) in [5.41, 5.74) is 3.32. The Kier molecular flexibility index (Phi) is 6.33. The van der Waals surface area contributed by atoms with Crippen molar-refractivity contribution < 1.29 is 9.53 Å². The van der Waals surface area contributed by atoms with Gasteiger partial charge in [0.2, 0.25) is 5.95 Å². The van der Waals surface area contributed by atoms with Gasteiger partial charge in [-0.3, -0.25) is 9.78 Å². The minimum absolute atomic E-state index is 0.102. The molecule has 1 aromatic carbocycles. The summed E-state index contributed by atoms with van der Waals surface area (Å²) in [7, 11) is 3.20. The van der Waals surface area contributed by atoms with Crippen LogP contribution < -0.4 is 15.4 Å². The third-order valence-corrected chi connectivity index (χ3v) is 4.56. The number of nitrogens with zero attached hydrogens (tertiary/aromatic N) is 4. The van der Waals surface area contributed by atoms with Crippen molar-refractivity contribution in [2.24, 2.45) is 0 Å². The number of aryl methyl sites for hydroxylation is 1. The Balaban J connectivity index is 1.72. The number of hydrogen-bond donors (Lipinski definition) is 2. The van der Waals surface area contributed by atoms with Crippen LogP contribution in [0.1, 0.15) is 34.5 Å². The summed E-state index contributed by atoms with van der Waals surface area (Å²) < 4.78 is 5.48. The first-order valence-corrected chi connectivity index (χ1v) is 9.27. The Hall–Kier alpha value is -3.55. The highest BCUT2D eigenvalue weighted by atomic mass is 16.5. The zero-order chi connectivity index (χ0) is 20.8. The van der Waals surface area contributed by atoms with Crippen LogP contribution in [0.3, 0.4) is 0 Å². The van der Waals surface area contributed by atoms with Crippen LogP contribution in [0.4, 0.5) is 5.95 Å². The van der Waals surface area contributed by atoms with Crippen LogP contribution in [-0.4, -0.2) is 46.5 Å². The molecule has 0 radical (unpaired) electrons. The Labute approximate surface area is 169 Å². The lowest BCUT2D eigenvalue weighted by atomic mass is 9.98. The van der Waals surface area contributed by atoms with Gasteiger partial charge in [-0.1, -0.05) is 13.0 Å². The monoisotopic (exact) mass is 392 g/mol. The van der Waals surface area contributed by atoms with Crippen LogP contribution in [0.25, 0.3) is 11.4 Å². The van der Waals surface area contributed by atoms with E-state index in [0.29, 0.717) is 29.6 Å². The molecule has 0 aliphatic carbocycles. The zero-order valence-corrected chi connectivity index (χ0v) is 16.9. The van der Waals surface area contributed by atoms with E-state index in [1.54, 1.807) is 32.5 Å². The summed E-state index contributed by atoms with van der Waals surface area (Å²) in [6, 6.07) is 9.30. The van der Waals surface area contributed by atoms with Crippen molar-refractivity contribution in [2.45, 2.75) is 19.8 Å². The average molecular weight is 392 g/mol. The van der Waals surface area contributed by atoms with E-state index < -0.39 is 0 Å². The topological polar surface area (TPSA) is 102 Å². The van der Waals surface area contributed by atoms with Gasteiger partial charge in [0, 0.05) is 42.5 Å². The Morgan fingerprint density at radius 3 is 2.69 bits per heavy atom. The molecule has 0 aliphatic rings. The molecule has 0 aliphatic heterocycles. The summed E-state index contributed by atoms with van der Waals surface area (Å²) in [6.45, 7) is 4.59. The zero-order valence-electron chi connectivity index (χ0n) is 16.9. The van der Waals surface area contributed by atoms with Crippen LogP contribution in [0.5, 0.6) is 5.75 Å². The fraction of sp³-hybridized carbons (Fsp3) is 0.286. The number of carbonyl (C=O) groups is 1. The largest absolute Gasteiger partial charge is 0.496 e. The van der Waals surface area contributed by atoms with Crippen molar-refractivity contribution in [3.8, 4) is 17.1 Å². The van der Waals surface area contributed by atoms with Crippen molar-refractivity contribution >= 4 is 11.9 Å². The number of carbonyl (C=O) groups excluding carboxylic acids is 1. The lowest BCUT2D eigenvalue weighted by molar-refractivity contribution is 0.0962. The fourth-order valence-electron chi connectivity index (χ4n) is 2.88. The molecular formula is C21H24N6O2. The van der Waals surface area contributed by atoms with Crippen LogP contribution >= 0.6 is 0 Å². The normalized spacial score (nSPS) is 11.6. The summed E-state index contributed by atoms with van der Waals surface area (Å²) in [6.07, 6.45) is 3.23. The maximum absolute atomic E-state index is 11.8. The predicted molar refractivity (Wildman–Crippen MR) is 111 cm³/mol. The van der Waals surface area contributed by atoms with Gasteiger partial charge in [0.1, 0.15) is 12.1 Å². The number of pyridine rings is 1. The molecule has 8 nitrogen and oxygen atoms in total. The van der Waals surface area contributed by atoms with Gasteiger partial charge in [0.05, 0.1) is 7.11 Å². The number of aromatic nitrogens is 4. The number of rotatable bonds is 7. The molecule has 0 spiro atoms. The quantitative estimate of drug-likeness (QED) is 0.637. The third kappa shape index (κ3) is 4.84. The molecular weight excluding hydrogens is 368 g/mol. The van der Waals surface area contributed by atoms with E-state index in [9.17, 15) is 4.79 Å². The van der Waals surface area contributed by atoms with E-state index in [1.807, 2.05) is 25.1 Å². The van der Waals surface area contributed by atoms with Crippen LogP contribution in [-0.2, 0) is 0 Å². The van der Waals surface area contributed by atoms with Crippen LogP contribution in [0.2, 0.25) is 0 Å². The number of ether oxygens (including phenoxy) is 1. The second-order valence-electron chi connectivity index (χ2n) is 6.64. The summed E-state index contributed by atoms with van der Waals surface area (Å²) in [5.74, 6) is 1.68. The van der Waals surface area contributed by atoms with Crippen LogP contribution in [0.15, 0.2) is 42.9 Å². The fourth-order valence-corrected chi connectivity index (χ4v) is 2.88. The number of anilines is 1. The summed E-state index contributed by atoms with van der Waals surface area (Å²) in [5, 5.41) is 5.86. The van der Waals surface area contributed by atoms with E-state index in [-0.39, 0.29) is 11.8 Å². The lowest BCUT2D eigenvalue weighted by Crippen LogP contribution is -2.18. The average Bonchev–Trinajstić information content (AvgIpc) is 2.77. The highest BCUT2D eigenvalue weighted by molar-refractivity contribution is 5.94. The summed E-state index contributed by atoms with van der Waals surface area (Å²) in [4.78, 5) is 29.0. The van der Waals surface area contributed by atoms with Gasteiger partial charge in [-0.25, -0.2) is 9.97 Å². The molecule has 0 bridgehead atoms. The van der Waals surface area contributed by atoms with Crippen molar-refractivity contribution in [3.05, 3.63) is 59.7 Å². The first-order valence-electron chi connectivity index (χ1n) is 9.27. The molecule has 1 amide bonds. The van der Waals surface area contributed by atoms with Crippen molar-refractivity contribution in [1.29, 1.82) is 0 Å². The minimum Gasteiger partial charge on any atom is -0.496 e. The standard InChI is InChI=1S/C21H24N6O2/c1-13(17-8-7-15(20(28)22-3)9-18(17)29-4)10-24-21-26-12-25-19(27-21)16-6-5-14(2)23-11-16/h5-9,11-13H,10H2,1-4H3,(H,22,28)(H,24,25,26,27). The molecule has 1 atom stereocenters.